The molecule has 11 heteroatoms. The van der Waals surface area contributed by atoms with Crippen LogP contribution in [0.5, 0.6) is 0 Å². The average Bonchev–Trinajstić information content (AvgIpc) is 3.38. The van der Waals surface area contributed by atoms with Crippen molar-refractivity contribution in [1.29, 1.82) is 0 Å². The van der Waals surface area contributed by atoms with Gasteiger partial charge >= 0.3 is 17.9 Å². The Bertz CT molecular complexity index is 1360. The number of nitrogens with zero attached hydrogens (tertiary/aromatic N) is 1. The molecule has 0 fully saturated rings. The number of esters is 3. The second-order valence-corrected chi connectivity index (χ2v) is 9.02. The summed E-state index contributed by atoms with van der Waals surface area (Å²) in [6, 6.07) is 13.8. The van der Waals surface area contributed by atoms with E-state index in [1.54, 1.807) is 42.5 Å². The molecule has 1 aliphatic rings. The number of fused-ring (bicyclic) bond motifs is 1. The van der Waals surface area contributed by atoms with Crippen LogP contribution in [0.25, 0.3) is 0 Å². The Balaban J connectivity index is 1.67. The van der Waals surface area contributed by atoms with E-state index in [-0.39, 0.29) is 38.6 Å². The van der Waals surface area contributed by atoms with Crippen molar-refractivity contribution in [3.63, 3.8) is 0 Å². The number of imide groups is 1. The van der Waals surface area contributed by atoms with E-state index in [1.807, 2.05) is 0 Å². The van der Waals surface area contributed by atoms with Gasteiger partial charge in [-0.05, 0) is 17.7 Å². The van der Waals surface area contributed by atoms with Crippen LogP contribution in [0.15, 0.2) is 54.6 Å². The van der Waals surface area contributed by atoms with Gasteiger partial charge in [-0.1, -0.05) is 42.5 Å². The van der Waals surface area contributed by atoms with E-state index in [9.17, 15) is 24.0 Å². The van der Waals surface area contributed by atoms with Crippen LogP contribution in [-0.4, -0.2) is 54.9 Å². The number of carbonyl (C=O) groups excluding carboxylic acids is 5. The number of hydrogen-bond donors (Lipinski definition) is 1. The molecule has 1 aromatic heterocycles. The van der Waals surface area contributed by atoms with E-state index in [2.05, 4.69) is 0 Å². The number of thiophene rings is 1. The number of amides is 2. The molecule has 1 unspecified atom stereocenters. The molecule has 1 aliphatic heterocycles. The van der Waals surface area contributed by atoms with Crippen molar-refractivity contribution in [3.8, 4) is 0 Å². The van der Waals surface area contributed by atoms with Gasteiger partial charge in [-0.25, -0.2) is 14.4 Å². The number of rotatable bonds is 8. The number of hydrogen-bond acceptors (Lipinski definition) is 10. The Labute approximate surface area is 215 Å². The minimum absolute atomic E-state index is 0.00929. The maximum atomic E-state index is 13.4. The molecule has 0 saturated carbocycles. The minimum atomic E-state index is -1.31. The lowest BCUT2D eigenvalue weighted by Gasteiger charge is -2.25. The SMILES string of the molecule is COC(=O)c1sc(N)c(C(=O)OC)c1COC(=O)C(Cc1ccccc1)N1C(=O)c2ccccc2C1=O. The Morgan fingerprint density at radius 2 is 1.46 bits per heavy atom. The van der Waals surface area contributed by atoms with Crippen molar-refractivity contribution in [1.82, 2.24) is 4.90 Å². The van der Waals surface area contributed by atoms with Gasteiger partial charge in [0.1, 0.15) is 28.1 Å². The molecule has 4 rings (SSSR count). The lowest BCUT2D eigenvalue weighted by atomic mass is 10.0. The summed E-state index contributed by atoms with van der Waals surface area (Å²) in [5.74, 6) is -3.75. The number of carbonyl (C=O) groups is 5. The van der Waals surface area contributed by atoms with E-state index in [0.29, 0.717) is 5.56 Å². The fourth-order valence-electron chi connectivity index (χ4n) is 4.05. The molecule has 10 nitrogen and oxygen atoms in total. The predicted octanol–water partition coefficient (Wildman–Crippen LogP) is 2.85. The Hall–Kier alpha value is -4.51. The van der Waals surface area contributed by atoms with Gasteiger partial charge in [-0.3, -0.25) is 14.5 Å². The van der Waals surface area contributed by atoms with Crippen LogP contribution in [0.1, 0.15) is 51.9 Å². The number of anilines is 1. The predicted molar refractivity (Wildman–Crippen MR) is 132 cm³/mol. The van der Waals surface area contributed by atoms with Crippen molar-refractivity contribution in [2.45, 2.75) is 19.1 Å². The molecule has 190 valence electrons. The zero-order chi connectivity index (χ0) is 26.7. The highest BCUT2D eigenvalue weighted by Gasteiger charge is 2.43. The van der Waals surface area contributed by atoms with Crippen molar-refractivity contribution >= 4 is 46.1 Å². The van der Waals surface area contributed by atoms with E-state index < -0.39 is 42.4 Å². The number of methoxy groups -OCH3 is 2. The molecular formula is C26H22N2O8S. The van der Waals surface area contributed by atoms with E-state index in [1.165, 1.54) is 12.1 Å². The van der Waals surface area contributed by atoms with Crippen LogP contribution >= 0.6 is 11.3 Å². The third kappa shape index (κ3) is 4.81. The summed E-state index contributed by atoms with van der Waals surface area (Å²) in [7, 11) is 2.30. The van der Waals surface area contributed by atoms with E-state index in [4.69, 9.17) is 19.9 Å². The van der Waals surface area contributed by atoms with Crippen LogP contribution < -0.4 is 5.73 Å². The molecule has 3 aromatic rings. The third-order valence-corrected chi connectivity index (χ3v) is 6.88. The first kappa shape index (κ1) is 25.6. The molecule has 0 saturated heterocycles. The summed E-state index contributed by atoms with van der Waals surface area (Å²) >= 11 is 0.790. The highest BCUT2D eigenvalue weighted by Crippen LogP contribution is 2.33. The maximum Gasteiger partial charge on any atom is 0.348 e. The lowest BCUT2D eigenvalue weighted by molar-refractivity contribution is -0.149. The van der Waals surface area contributed by atoms with Gasteiger partial charge in [0.2, 0.25) is 0 Å². The van der Waals surface area contributed by atoms with Crippen molar-refractivity contribution in [2.24, 2.45) is 0 Å². The molecule has 0 aliphatic carbocycles. The third-order valence-electron chi connectivity index (χ3n) is 5.83. The number of benzene rings is 2. The van der Waals surface area contributed by atoms with Crippen LogP contribution in [0.3, 0.4) is 0 Å². The molecule has 0 radical (unpaired) electrons. The average molecular weight is 523 g/mol. The van der Waals surface area contributed by atoms with Crippen LogP contribution in [-0.2, 0) is 32.0 Å². The summed E-state index contributed by atoms with van der Waals surface area (Å²) in [5, 5.41) is -0.0144. The number of nitrogen functional groups attached to an aromatic ring is 1. The molecule has 0 bridgehead atoms. The number of ether oxygens (including phenoxy) is 3. The molecule has 37 heavy (non-hydrogen) atoms. The summed E-state index contributed by atoms with van der Waals surface area (Å²) in [6.07, 6.45) is -0.00929. The molecule has 1 atom stereocenters. The Morgan fingerprint density at radius 3 is 2.03 bits per heavy atom. The minimum Gasteiger partial charge on any atom is -0.465 e. The summed E-state index contributed by atoms with van der Waals surface area (Å²) < 4.78 is 15.0. The highest BCUT2D eigenvalue weighted by atomic mass is 32.1. The van der Waals surface area contributed by atoms with Crippen LogP contribution in [0.2, 0.25) is 0 Å². The highest BCUT2D eigenvalue weighted by molar-refractivity contribution is 7.18. The number of nitrogens with two attached hydrogens (primary N) is 1. The zero-order valence-corrected chi connectivity index (χ0v) is 20.7. The summed E-state index contributed by atoms with van der Waals surface area (Å²) in [6.45, 7) is -0.546. The van der Waals surface area contributed by atoms with Gasteiger partial charge in [0.15, 0.2) is 0 Å². The summed E-state index contributed by atoms with van der Waals surface area (Å²) in [5.41, 5.74) is 6.88. The fourth-order valence-corrected chi connectivity index (χ4v) is 5.03. The van der Waals surface area contributed by atoms with Gasteiger partial charge in [-0.2, -0.15) is 0 Å². The van der Waals surface area contributed by atoms with Crippen LogP contribution in [0, 0.1) is 0 Å². The van der Waals surface area contributed by atoms with E-state index >= 15 is 0 Å². The largest absolute Gasteiger partial charge is 0.465 e. The maximum absolute atomic E-state index is 13.4. The molecule has 0 spiro atoms. The first-order valence-corrected chi connectivity index (χ1v) is 11.8. The first-order chi connectivity index (χ1) is 17.8. The van der Waals surface area contributed by atoms with Gasteiger partial charge in [-0.15, -0.1) is 11.3 Å². The fraction of sp³-hybridized carbons (Fsp3) is 0.192. The molecule has 2 N–H and O–H groups in total. The van der Waals surface area contributed by atoms with Gasteiger partial charge in [0.25, 0.3) is 11.8 Å². The smallest absolute Gasteiger partial charge is 0.348 e. The molecule has 2 heterocycles. The van der Waals surface area contributed by atoms with Gasteiger partial charge in [0, 0.05) is 12.0 Å². The molecular weight excluding hydrogens is 500 g/mol. The van der Waals surface area contributed by atoms with Crippen molar-refractivity contribution in [2.75, 3.05) is 20.0 Å². The van der Waals surface area contributed by atoms with Crippen molar-refractivity contribution in [3.05, 3.63) is 87.3 Å². The molecule has 2 aromatic carbocycles. The first-order valence-electron chi connectivity index (χ1n) is 11.0. The van der Waals surface area contributed by atoms with Gasteiger partial charge in [0.05, 0.1) is 25.3 Å². The Kier molecular flexibility index (Phi) is 7.35. The van der Waals surface area contributed by atoms with Crippen molar-refractivity contribution < 1.29 is 38.2 Å². The lowest BCUT2D eigenvalue weighted by Crippen LogP contribution is -2.47. The topological polar surface area (TPSA) is 142 Å². The standard InChI is InChI=1S/C26H22N2O8S/c1-34-25(32)19-17(20(26(33)35-2)37-21(19)27)13-36-24(31)18(12-14-8-4-3-5-9-14)28-22(29)15-10-6-7-11-16(15)23(28)30/h3-11,18H,12-13,27H2,1-2H3. The van der Waals surface area contributed by atoms with Crippen LogP contribution in [0.4, 0.5) is 5.00 Å². The molecule has 2 amide bonds. The Morgan fingerprint density at radius 1 is 0.892 bits per heavy atom. The second-order valence-electron chi connectivity index (χ2n) is 7.97. The zero-order valence-electron chi connectivity index (χ0n) is 19.9. The van der Waals surface area contributed by atoms with E-state index in [0.717, 1.165) is 30.5 Å². The van der Waals surface area contributed by atoms with Gasteiger partial charge < -0.3 is 19.9 Å². The second kappa shape index (κ2) is 10.6. The quantitative estimate of drug-likeness (QED) is 0.268. The normalized spacial score (nSPS) is 13.2. The summed E-state index contributed by atoms with van der Waals surface area (Å²) in [4.78, 5) is 65.2. The monoisotopic (exact) mass is 522 g/mol.